The lowest BCUT2D eigenvalue weighted by Crippen LogP contribution is -2.39. The highest BCUT2D eigenvalue weighted by Gasteiger charge is 2.22. The first-order chi connectivity index (χ1) is 28.6. The largest absolute Gasteiger partial charge is 0.394 e. The second kappa shape index (κ2) is 21.8. The molecule has 0 spiro atoms. The lowest BCUT2D eigenvalue weighted by molar-refractivity contribution is 0.0361. The number of nitrogens with zero attached hydrogens (tertiary/aromatic N) is 10. The van der Waals surface area contributed by atoms with E-state index in [9.17, 15) is 0 Å². The van der Waals surface area contributed by atoms with Gasteiger partial charge in [-0.3, -0.25) is 9.80 Å². The maximum Gasteiger partial charge on any atom is 0.157 e. The average molecular weight is 813 g/mol. The summed E-state index contributed by atoms with van der Waals surface area (Å²) in [5, 5.41) is 5.79. The summed E-state index contributed by atoms with van der Waals surface area (Å²) in [5.74, 6) is 2.74. The molecule has 322 valence electrons. The Bertz CT molecular complexity index is 2060. The van der Waals surface area contributed by atoms with Crippen molar-refractivity contribution in [1.82, 2.24) is 39.1 Å². The Morgan fingerprint density at radius 1 is 0.678 bits per heavy atom. The summed E-state index contributed by atoms with van der Waals surface area (Å²) in [6.07, 6.45) is 0. The fourth-order valence-electron chi connectivity index (χ4n) is 7.51. The van der Waals surface area contributed by atoms with Gasteiger partial charge in [-0.1, -0.05) is 36.4 Å². The highest BCUT2D eigenvalue weighted by atomic mass is 16.5. The van der Waals surface area contributed by atoms with Gasteiger partial charge in [-0.05, 0) is 47.2 Å². The third-order valence-electron chi connectivity index (χ3n) is 11.1. The van der Waals surface area contributed by atoms with Crippen molar-refractivity contribution in [3.8, 4) is 0 Å². The second-order valence-corrected chi connectivity index (χ2v) is 16.0. The Morgan fingerprint density at radius 3 is 1.83 bits per heavy atom. The van der Waals surface area contributed by atoms with Crippen LogP contribution in [0.25, 0.3) is 32.8 Å². The third-order valence-corrected chi connectivity index (χ3v) is 11.1. The molecule has 0 aliphatic carbocycles. The summed E-state index contributed by atoms with van der Waals surface area (Å²) in [6, 6.07) is 16.6. The van der Waals surface area contributed by atoms with Crippen LogP contribution in [0, 0.1) is 0 Å². The Labute approximate surface area is 351 Å². The molecule has 3 aromatic heterocycles. The van der Waals surface area contributed by atoms with Crippen LogP contribution in [-0.2, 0) is 27.4 Å². The van der Waals surface area contributed by atoms with Crippen LogP contribution in [0.3, 0.4) is 0 Å². The van der Waals surface area contributed by atoms with E-state index >= 15 is 0 Å². The minimum absolute atomic E-state index is 0.503. The van der Waals surface area contributed by atoms with Crippen molar-refractivity contribution in [1.29, 1.82) is 0 Å². The van der Waals surface area contributed by atoms with E-state index in [1.165, 1.54) is 0 Å². The van der Waals surface area contributed by atoms with Gasteiger partial charge in [0.25, 0.3) is 0 Å². The molecule has 5 heterocycles. The molecule has 7 rings (SSSR count). The molecule has 0 atom stereocenters. The van der Waals surface area contributed by atoms with Crippen LogP contribution < -0.4 is 20.9 Å². The molecule has 59 heavy (non-hydrogen) atoms. The molecule has 0 radical (unpaired) electrons. The number of aromatic nitrogens is 4. The minimum Gasteiger partial charge on any atom is -0.394 e. The van der Waals surface area contributed by atoms with Crippen molar-refractivity contribution in [2.24, 2.45) is 0 Å². The predicted molar refractivity (Wildman–Crippen MR) is 243 cm³/mol. The molecule has 2 saturated heterocycles. The van der Waals surface area contributed by atoms with E-state index in [0.29, 0.717) is 13.2 Å². The molecule has 2 aliphatic rings. The van der Waals surface area contributed by atoms with E-state index in [0.717, 1.165) is 167 Å². The molecule has 0 unspecified atom stereocenters. The molecular formula is C44H68N12O3. The molecule has 2 aromatic carbocycles. The summed E-state index contributed by atoms with van der Waals surface area (Å²) in [5.41, 5.74) is 12.4. The zero-order chi connectivity index (χ0) is 41.7. The van der Waals surface area contributed by atoms with Gasteiger partial charge in [0, 0.05) is 110 Å². The number of pyridine rings is 2. The number of benzene rings is 2. The van der Waals surface area contributed by atoms with E-state index in [2.05, 4.69) is 112 Å². The molecule has 15 nitrogen and oxygen atoms in total. The summed E-state index contributed by atoms with van der Waals surface area (Å²) >= 11 is 0. The van der Waals surface area contributed by atoms with Gasteiger partial charge in [0.05, 0.1) is 54.4 Å². The third kappa shape index (κ3) is 11.7. The number of rotatable bonds is 18. The van der Waals surface area contributed by atoms with E-state index in [4.69, 9.17) is 34.9 Å². The zero-order valence-electron chi connectivity index (χ0n) is 36.6. The number of likely N-dealkylation sites (N-methyl/N-ethyl adjacent to an activating group) is 4. The first kappa shape index (κ1) is 44.2. The minimum atomic E-state index is 0.503. The summed E-state index contributed by atoms with van der Waals surface area (Å²) < 4.78 is 19.1. The van der Waals surface area contributed by atoms with Crippen LogP contribution in [-0.4, -0.2) is 186 Å². The quantitative estimate of drug-likeness (QED) is 0.132. The lowest BCUT2D eigenvalue weighted by atomic mass is 10.1. The molecule has 15 heteroatoms. The number of para-hydroxylation sites is 2. The molecule has 0 bridgehead atoms. The monoisotopic (exact) mass is 813 g/mol. The second-order valence-electron chi connectivity index (χ2n) is 16.0. The summed E-state index contributed by atoms with van der Waals surface area (Å²) in [6.45, 7) is 17.7. The summed E-state index contributed by atoms with van der Waals surface area (Å²) in [7, 11) is 12.5. The van der Waals surface area contributed by atoms with Gasteiger partial charge in [-0.25, -0.2) is 15.0 Å². The van der Waals surface area contributed by atoms with Gasteiger partial charge in [0.1, 0.15) is 17.9 Å². The maximum atomic E-state index is 6.56. The molecular weight excluding hydrogens is 745 g/mol. The standard InChI is InChI=1S/C24H36N6O2.C20H32N6O/c1-5-31-18-21-26-22-23(30(21)13-12-29-14-16-32-17-15-29)19-8-6-7-9-20(19)25-24(22)28(4)11-10-27(2)3;1-24(2)10-11-25(3)20-18(21)19(16-6-4-5-7-17(16)23-20)22-8-9-26-12-14-27-15-13-26/h6-9H,5,10-18H2,1-4H3;4-7H,8-15,21H2,1-3H3,(H,22,23). The lowest BCUT2D eigenvalue weighted by Gasteiger charge is -2.27. The number of anilines is 4. The van der Waals surface area contributed by atoms with Gasteiger partial charge in [0.15, 0.2) is 11.6 Å². The number of morpholine rings is 2. The van der Waals surface area contributed by atoms with E-state index < -0.39 is 0 Å². The van der Waals surface area contributed by atoms with Crippen LogP contribution in [0.1, 0.15) is 12.7 Å². The van der Waals surface area contributed by atoms with E-state index in [1.807, 2.05) is 25.1 Å². The number of nitrogens with one attached hydrogen (secondary N) is 1. The van der Waals surface area contributed by atoms with Crippen LogP contribution in [0.4, 0.5) is 23.0 Å². The van der Waals surface area contributed by atoms with E-state index in [1.54, 1.807) is 0 Å². The van der Waals surface area contributed by atoms with Crippen LogP contribution in [0.15, 0.2) is 48.5 Å². The zero-order valence-corrected chi connectivity index (χ0v) is 36.6. The number of imidazole rings is 1. The van der Waals surface area contributed by atoms with Crippen molar-refractivity contribution < 1.29 is 14.2 Å². The first-order valence-electron chi connectivity index (χ1n) is 21.2. The fourth-order valence-corrected chi connectivity index (χ4v) is 7.51. The average Bonchev–Trinajstić information content (AvgIpc) is 3.62. The molecule has 0 saturated carbocycles. The highest BCUT2D eigenvalue weighted by molar-refractivity contribution is 6.07. The fraction of sp³-hybridized carbons (Fsp3) is 0.568. The van der Waals surface area contributed by atoms with Gasteiger partial charge < -0.3 is 49.4 Å². The topological polar surface area (TPSA) is 129 Å². The SMILES string of the molecule is CCOCc1nc2c(N(C)CCN(C)C)nc3ccccc3c2n1CCN1CCOCC1.CN(C)CCN(C)c1nc2ccccc2c(NCCN2CCOCC2)c1N. The normalized spacial score (nSPS) is 15.3. The van der Waals surface area contributed by atoms with Crippen molar-refractivity contribution in [3.63, 3.8) is 0 Å². The maximum absolute atomic E-state index is 6.56. The molecule has 2 aliphatic heterocycles. The Hall–Kier alpha value is -4.35. The molecule has 5 aromatic rings. The van der Waals surface area contributed by atoms with Crippen molar-refractivity contribution in [3.05, 3.63) is 54.4 Å². The van der Waals surface area contributed by atoms with Crippen LogP contribution in [0.2, 0.25) is 0 Å². The number of ether oxygens (including phenoxy) is 3. The van der Waals surface area contributed by atoms with Gasteiger partial charge in [-0.2, -0.15) is 0 Å². The van der Waals surface area contributed by atoms with Gasteiger partial charge in [-0.15, -0.1) is 0 Å². The Morgan fingerprint density at radius 2 is 1.22 bits per heavy atom. The van der Waals surface area contributed by atoms with Crippen molar-refractivity contribution in [2.45, 2.75) is 20.1 Å². The molecule has 3 N–H and O–H groups in total. The molecule has 0 amide bonds. The van der Waals surface area contributed by atoms with Crippen LogP contribution in [0.5, 0.6) is 0 Å². The smallest absolute Gasteiger partial charge is 0.157 e. The van der Waals surface area contributed by atoms with E-state index in [-0.39, 0.29) is 0 Å². The highest BCUT2D eigenvalue weighted by Crippen LogP contribution is 2.35. The van der Waals surface area contributed by atoms with Gasteiger partial charge in [0.2, 0.25) is 0 Å². The van der Waals surface area contributed by atoms with Crippen molar-refractivity contribution >= 4 is 55.8 Å². The number of nitrogens with two attached hydrogens (primary N) is 1. The van der Waals surface area contributed by atoms with Gasteiger partial charge >= 0.3 is 0 Å². The first-order valence-corrected chi connectivity index (χ1v) is 21.2. The number of hydrogen-bond donors (Lipinski definition) is 2. The predicted octanol–water partition coefficient (Wildman–Crippen LogP) is 4.01. The number of nitrogen functional groups attached to an aromatic ring is 1. The Kier molecular flexibility index (Phi) is 16.3. The van der Waals surface area contributed by atoms with Crippen LogP contribution >= 0.6 is 0 Å². The Balaban J connectivity index is 0.000000201. The molecule has 2 fully saturated rings. The summed E-state index contributed by atoms with van der Waals surface area (Å²) in [4.78, 5) is 28.5. The number of hydrogen-bond acceptors (Lipinski definition) is 14. The van der Waals surface area contributed by atoms with Crippen molar-refractivity contribution in [2.75, 3.05) is 168 Å². The number of fused-ring (bicyclic) bond motifs is 4.